The van der Waals surface area contributed by atoms with Gasteiger partial charge in [0.15, 0.2) is 0 Å². The fraction of sp³-hybridized carbons (Fsp3) is 0.0455. The topological polar surface area (TPSA) is 84.5 Å². The first-order chi connectivity index (χ1) is 13.6. The molecule has 0 unspecified atom stereocenters. The maximum absolute atomic E-state index is 12.4. The zero-order valence-electron chi connectivity index (χ0n) is 15.1. The molecule has 0 aliphatic rings. The molecule has 28 heavy (non-hydrogen) atoms. The minimum Gasteiger partial charge on any atom is -0.465 e. The Hall–Kier alpha value is -3.93. The van der Waals surface area contributed by atoms with Gasteiger partial charge >= 0.3 is 5.97 Å². The van der Waals surface area contributed by atoms with Crippen molar-refractivity contribution in [3.05, 3.63) is 95.6 Å². The van der Waals surface area contributed by atoms with Crippen molar-refractivity contribution in [1.82, 2.24) is 0 Å². The van der Waals surface area contributed by atoms with Crippen LogP contribution in [0.4, 0.5) is 11.4 Å². The number of amides is 2. The standard InChI is InChI=1S/C22H18N2O4/c1-28-22(27)17-12-10-16(11-13-17)21(26)24-19-9-5-8-18(14-19)23-20(25)15-6-3-2-4-7-15/h2-14H,1H3,(H,23,25)(H,24,26). The van der Waals surface area contributed by atoms with Crippen molar-refractivity contribution in [2.24, 2.45) is 0 Å². The van der Waals surface area contributed by atoms with Crippen LogP contribution in [0.2, 0.25) is 0 Å². The van der Waals surface area contributed by atoms with Crippen molar-refractivity contribution in [3.8, 4) is 0 Å². The van der Waals surface area contributed by atoms with Crippen LogP contribution in [0.3, 0.4) is 0 Å². The second kappa shape index (κ2) is 8.64. The van der Waals surface area contributed by atoms with Gasteiger partial charge in [0.1, 0.15) is 0 Å². The zero-order chi connectivity index (χ0) is 19.9. The van der Waals surface area contributed by atoms with E-state index >= 15 is 0 Å². The third-order valence-corrected chi connectivity index (χ3v) is 3.98. The van der Waals surface area contributed by atoms with Gasteiger partial charge in [0.05, 0.1) is 12.7 Å². The Balaban J connectivity index is 1.68. The van der Waals surface area contributed by atoms with Gasteiger partial charge in [-0.25, -0.2) is 4.79 Å². The Kier molecular flexibility index (Phi) is 5.81. The van der Waals surface area contributed by atoms with Gasteiger partial charge < -0.3 is 15.4 Å². The summed E-state index contributed by atoms with van der Waals surface area (Å²) in [6.07, 6.45) is 0. The third-order valence-electron chi connectivity index (χ3n) is 3.98. The molecule has 0 spiro atoms. The first-order valence-corrected chi connectivity index (χ1v) is 8.53. The molecule has 0 saturated carbocycles. The molecule has 0 fully saturated rings. The number of methoxy groups -OCH3 is 1. The highest BCUT2D eigenvalue weighted by Gasteiger charge is 2.10. The summed E-state index contributed by atoms with van der Waals surface area (Å²) in [5, 5.41) is 5.56. The fourth-order valence-corrected chi connectivity index (χ4v) is 2.55. The number of anilines is 2. The molecule has 6 heteroatoms. The molecule has 0 aromatic heterocycles. The van der Waals surface area contributed by atoms with Crippen LogP contribution in [0.5, 0.6) is 0 Å². The summed E-state index contributed by atoms with van der Waals surface area (Å²) < 4.78 is 4.64. The minimum atomic E-state index is -0.464. The molecule has 0 bridgehead atoms. The van der Waals surface area contributed by atoms with Crippen molar-refractivity contribution >= 4 is 29.2 Å². The molecular weight excluding hydrogens is 356 g/mol. The zero-order valence-corrected chi connectivity index (χ0v) is 15.1. The summed E-state index contributed by atoms with van der Waals surface area (Å²) in [6.45, 7) is 0. The summed E-state index contributed by atoms with van der Waals surface area (Å²) in [4.78, 5) is 36.1. The fourth-order valence-electron chi connectivity index (χ4n) is 2.55. The Morgan fingerprint density at radius 3 is 1.68 bits per heavy atom. The molecule has 0 saturated heterocycles. The number of rotatable bonds is 5. The van der Waals surface area contributed by atoms with Crippen molar-refractivity contribution in [3.63, 3.8) is 0 Å². The lowest BCUT2D eigenvalue weighted by molar-refractivity contribution is 0.0600. The molecule has 0 radical (unpaired) electrons. The minimum absolute atomic E-state index is 0.234. The summed E-state index contributed by atoms with van der Waals surface area (Å²) in [5.74, 6) is -1.03. The Labute approximate surface area is 162 Å². The molecule has 0 heterocycles. The van der Waals surface area contributed by atoms with E-state index in [2.05, 4.69) is 15.4 Å². The number of esters is 1. The number of nitrogens with one attached hydrogen (secondary N) is 2. The molecular formula is C22H18N2O4. The molecule has 3 rings (SSSR count). The normalized spacial score (nSPS) is 10.0. The van der Waals surface area contributed by atoms with E-state index in [1.54, 1.807) is 60.7 Å². The predicted molar refractivity (Wildman–Crippen MR) is 107 cm³/mol. The van der Waals surface area contributed by atoms with E-state index in [1.807, 2.05) is 6.07 Å². The van der Waals surface area contributed by atoms with Gasteiger partial charge in [-0.15, -0.1) is 0 Å². The van der Waals surface area contributed by atoms with E-state index in [4.69, 9.17) is 0 Å². The second-order valence-electron chi connectivity index (χ2n) is 5.92. The molecule has 3 aromatic carbocycles. The van der Waals surface area contributed by atoms with Crippen LogP contribution in [0.1, 0.15) is 31.1 Å². The summed E-state index contributed by atoms with van der Waals surface area (Å²) in [5.41, 5.74) is 2.40. The van der Waals surface area contributed by atoms with Gasteiger partial charge in [0, 0.05) is 22.5 Å². The molecule has 0 aliphatic heterocycles. The number of carbonyl (C=O) groups excluding carboxylic acids is 3. The van der Waals surface area contributed by atoms with Gasteiger partial charge in [-0.1, -0.05) is 24.3 Å². The lowest BCUT2D eigenvalue weighted by atomic mass is 10.1. The van der Waals surface area contributed by atoms with Gasteiger partial charge in [0.2, 0.25) is 0 Å². The quantitative estimate of drug-likeness (QED) is 0.662. The maximum Gasteiger partial charge on any atom is 0.337 e. The van der Waals surface area contributed by atoms with E-state index < -0.39 is 5.97 Å². The highest BCUT2D eigenvalue weighted by atomic mass is 16.5. The molecule has 140 valence electrons. The van der Waals surface area contributed by atoms with Crippen molar-refractivity contribution in [2.75, 3.05) is 17.7 Å². The van der Waals surface area contributed by atoms with Crippen LogP contribution in [0.25, 0.3) is 0 Å². The number of hydrogen-bond donors (Lipinski definition) is 2. The smallest absolute Gasteiger partial charge is 0.337 e. The average Bonchev–Trinajstić information content (AvgIpc) is 2.74. The Morgan fingerprint density at radius 2 is 1.14 bits per heavy atom. The number of hydrogen-bond acceptors (Lipinski definition) is 4. The molecule has 0 atom stereocenters. The first-order valence-electron chi connectivity index (χ1n) is 8.53. The molecule has 3 aromatic rings. The number of benzene rings is 3. The van der Waals surface area contributed by atoms with Gasteiger partial charge in [-0.05, 0) is 54.6 Å². The van der Waals surface area contributed by atoms with E-state index in [1.165, 1.54) is 19.2 Å². The lowest BCUT2D eigenvalue weighted by Gasteiger charge is -2.09. The molecule has 2 N–H and O–H groups in total. The van der Waals surface area contributed by atoms with Crippen molar-refractivity contribution in [1.29, 1.82) is 0 Å². The number of ether oxygens (including phenoxy) is 1. The highest BCUT2D eigenvalue weighted by Crippen LogP contribution is 2.17. The number of carbonyl (C=O) groups is 3. The first kappa shape index (κ1) is 18.8. The third kappa shape index (κ3) is 4.62. The van der Waals surface area contributed by atoms with E-state index in [0.29, 0.717) is 28.1 Å². The van der Waals surface area contributed by atoms with Gasteiger partial charge in [-0.3, -0.25) is 9.59 Å². The maximum atomic E-state index is 12.4. The molecule has 2 amide bonds. The summed E-state index contributed by atoms with van der Waals surface area (Å²) >= 11 is 0. The second-order valence-corrected chi connectivity index (χ2v) is 5.92. The Bertz CT molecular complexity index is 999. The molecule has 6 nitrogen and oxygen atoms in total. The van der Waals surface area contributed by atoms with E-state index in [-0.39, 0.29) is 11.8 Å². The van der Waals surface area contributed by atoms with E-state index in [9.17, 15) is 14.4 Å². The van der Waals surface area contributed by atoms with Crippen LogP contribution in [0.15, 0.2) is 78.9 Å². The van der Waals surface area contributed by atoms with Crippen molar-refractivity contribution in [2.45, 2.75) is 0 Å². The van der Waals surface area contributed by atoms with Crippen LogP contribution >= 0.6 is 0 Å². The van der Waals surface area contributed by atoms with Crippen LogP contribution in [-0.4, -0.2) is 24.9 Å². The highest BCUT2D eigenvalue weighted by molar-refractivity contribution is 6.06. The predicted octanol–water partition coefficient (Wildman–Crippen LogP) is 3.98. The van der Waals surface area contributed by atoms with Crippen LogP contribution in [0, 0.1) is 0 Å². The average molecular weight is 374 g/mol. The van der Waals surface area contributed by atoms with Crippen LogP contribution in [-0.2, 0) is 4.74 Å². The van der Waals surface area contributed by atoms with E-state index in [0.717, 1.165) is 0 Å². The van der Waals surface area contributed by atoms with Crippen molar-refractivity contribution < 1.29 is 19.1 Å². The SMILES string of the molecule is COC(=O)c1ccc(C(=O)Nc2cccc(NC(=O)c3ccccc3)c2)cc1. The largest absolute Gasteiger partial charge is 0.465 e. The summed E-state index contributed by atoms with van der Waals surface area (Å²) in [6, 6.07) is 21.9. The monoisotopic (exact) mass is 374 g/mol. The lowest BCUT2D eigenvalue weighted by Crippen LogP contribution is -2.14. The van der Waals surface area contributed by atoms with Crippen LogP contribution < -0.4 is 10.6 Å². The molecule has 0 aliphatic carbocycles. The van der Waals surface area contributed by atoms with Gasteiger partial charge in [0.25, 0.3) is 11.8 Å². The Morgan fingerprint density at radius 1 is 0.643 bits per heavy atom. The summed E-state index contributed by atoms with van der Waals surface area (Å²) in [7, 11) is 1.30. The van der Waals surface area contributed by atoms with Gasteiger partial charge in [-0.2, -0.15) is 0 Å².